The van der Waals surface area contributed by atoms with Crippen molar-refractivity contribution in [2.45, 2.75) is 20.3 Å². The number of rotatable bonds is 5. The maximum atomic E-state index is 5.73. The van der Waals surface area contributed by atoms with Crippen LogP contribution in [0.5, 0.6) is 0 Å². The molecule has 2 rings (SSSR count). The molecule has 0 saturated heterocycles. The molecule has 0 bridgehead atoms. The third-order valence-corrected chi connectivity index (χ3v) is 4.06. The second kappa shape index (κ2) is 5.65. The molecule has 0 fully saturated rings. The van der Waals surface area contributed by atoms with E-state index in [1.807, 2.05) is 0 Å². The SMILES string of the molecule is Cc1csc2c(NCC(C)CCCl)ncnc12. The molecule has 1 atom stereocenters. The maximum Gasteiger partial charge on any atom is 0.147 e. The average Bonchev–Trinajstić information content (AvgIpc) is 2.70. The number of hydrogen-bond acceptors (Lipinski definition) is 4. The summed E-state index contributed by atoms with van der Waals surface area (Å²) in [5.74, 6) is 2.20. The van der Waals surface area contributed by atoms with E-state index in [4.69, 9.17) is 11.6 Å². The lowest BCUT2D eigenvalue weighted by atomic mass is 10.1. The first-order valence-electron chi connectivity index (χ1n) is 5.71. The van der Waals surface area contributed by atoms with Crippen LogP contribution in [0.3, 0.4) is 0 Å². The molecule has 0 spiro atoms. The largest absolute Gasteiger partial charge is 0.369 e. The summed E-state index contributed by atoms with van der Waals surface area (Å²) in [6, 6.07) is 0. The normalized spacial score (nSPS) is 12.9. The minimum absolute atomic E-state index is 0.554. The van der Waals surface area contributed by atoms with Crippen molar-refractivity contribution < 1.29 is 0 Å². The highest BCUT2D eigenvalue weighted by Gasteiger charge is 2.08. The van der Waals surface area contributed by atoms with Crippen molar-refractivity contribution >= 4 is 39.0 Å². The standard InChI is InChI=1S/C12H16ClN3S/c1-8(3-4-13)5-14-12-11-10(15-7-16-12)9(2)6-17-11/h6-8H,3-5H2,1-2H3,(H,14,15,16). The van der Waals surface area contributed by atoms with Gasteiger partial charge in [-0.05, 0) is 30.2 Å². The molecular weight excluding hydrogens is 254 g/mol. The highest BCUT2D eigenvalue weighted by Crippen LogP contribution is 2.28. The van der Waals surface area contributed by atoms with Crippen LogP contribution in [0.2, 0.25) is 0 Å². The molecule has 0 aromatic carbocycles. The second-order valence-corrected chi connectivity index (χ2v) is 5.54. The summed E-state index contributed by atoms with van der Waals surface area (Å²) < 4.78 is 1.14. The Hall–Kier alpha value is -0.870. The van der Waals surface area contributed by atoms with Gasteiger partial charge in [0.05, 0.1) is 10.2 Å². The Kier molecular flexibility index (Phi) is 4.18. The van der Waals surface area contributed by atoms with E-state index in [1.165, 1.54) is 5.56 Å². The van der Waals surface area contributed by atoms with E-state index in [0.717, 1.165) is 29.0 Å². The van der Waals surface area contributed by atoms with Crippen LogP contribution in [0.1, 0.15) is 18.9 Å². The lowest BCUT2D eigenvalue weighted by molar-refractivity contribution is 0.596. The third kappa shape index (κ3) is 2.87. The number of alkyl halides is 1. The first kappa shape index (κ1) is 12.6. The van der Waals surface area contributed by atoms with E-state index < -0.39 is 0 Å². The monoisotopic (exact) mass is 269 g/mol. The first-order chi connectivity index (χ1) is 8.22. The zero-order valence-electron chi connectivity index (χ0n) is 10.0. The van der Waals surface area contributed by atoms with Crippen molar-refractivity contribution in [3.63, 3.8) is 0 Å². The summed E-state index contributed by atoms with van der Waals surface area (Å²) in [6.07, 6.45) is 2.64. The Morgan fingerprint density at radius 1 is 1.47 bits per heavy atom. The Bertz CT molecular complexity index is 497. The molecule has 0 radical (unpaired) electrons. The topological polar surface area (TPSA) is 37.8 Å². The fourth-order valence-corrected chi connectivity index (χ4v) is 3.00. The number of anilines is 1. The lowest BCUT2D eigenvalue weighted by Crippen LogP contribution is -2.12. The van der Waals surface area contributed by atoms with E-state index in [-0.39, 0.29) is 0 Å². The summed E-state index contributed by atoms with van der Waals surface area (Å²) in [4.78, 5) is 8.61. The van der Waals surface area contributed by atoms with Gasteiger partial charge in [-0.25, -0.2) is 9.97 Å². The predicted octanol–water partition coefficient (Wildman–Crippen LogP) is 3.68. The van der Waals surface area contributed by atoms with Gasteiger partial charge < -0.3 is 5.32 Å². The minimum Gasteiger partial charge on any atom is -0.369 e. The van der Waals surface area contributed by atoms with Crippen LogP contribution in [0.25, 0.3) is 10.2 Å². The highest BCUT2D eigenvalue weighted by atomic mass is 35.5. The lowest BCUT2D eigenvalue weighted by Gasteiger charge is -2.11. The number of aryl methyl sites for hydroxylation is 1. The molecule has 0 aliphatic rings. The van der Waals surface area contributed by atoms with Crippen molar-refractivity contribution in [1.82, 2.24) is 9.97 Å². The summed E-state index contributed by atoms with van der Waals surface area (Å²) in [7, 11) is 0. The van der Waals surface area contributed by atoms with Gasteiger partial charge in [-0.1, -0.05) is 6.92 Å². The van der Waals surface area contributed by atoms with E-state index in [2.05, 4.69) is 34.5 Å². The number of thiophene rings is 1. The fraction of sp³-hybridized carbons (Fsp3) is 0.500. The van der Waals surface area contributed by atoms with Gasteiger partial charge in [0.2, 0.25) is 0 Å². The molecule has 0 amide bonds. The van der Waals surface area contributed by atoms with Gasteiger partial charge in [-0.2, -0.15) is 0 Å². The molecule has 2 aromatic heterocycles. The van der Waals surface area contributed by atoms with Crippen LogP contribution in [0, 0.1) is 12.8 Å². The van der Waals surface area contributed by atoms with E-state index in [9.17, 15) is 0 Å². The van der Waals surface area contributed by atoms with Gasteiger partial charge in [0, 0.05) is 12.4 Å². The Morgan fingerprint density at radius 3 is 3.06 bits per heavy atom. The van der Waals surface area contributed by atoms with Crippen molar-refractivity contribution in [3.05, 3.63) is 17.3 Å². The molecule has 1 N–H and O–H groups in total. The number of hydrogen-bond donors (Lipinski definition) is 1. The Labute approximate surface area is 110 Å². The average molecular weight is 270 g/mol. The van der Waals surface area contributed by atoms with E-state index in [1.54, 1.807) is 17.7 Å². The number of nitrogens with zero attached hydrogens (tertiary/aromatic N) is 2. The number of nitrogens with one attached hydrogen (secondary N) is 1. The zero-order valence-corrected chi connectivity index (χ0v) is 11.6. The summed E-state index contributed by atoms with van der Waals surface area (Å²) in [5, 5.41) is 5.50. The highest BCUT2D eigenvalue weighted by molar-refractivity contribution is 7.18. The molecule has 3 nitrogen and oxygen atoms in total. The molecule has 1 unspecified atom stereocenters. The first-order valence-corrected chi connectivity index (χ1v) is 7.12. The van der Waals surface area contributed by atoms with Gasteiger partial charge in [0.15, 0.2) is 0 Å². The van der Waals surface area contributed by atoms with Crippen molar-refractivity contribution in [1.29, 1.82) is 0 Å². The fourth-order valence-electron chi connectivity index (χ4n) is 1.65. The number of aromatic nitrogens is 2. The van der Waals surface area contributed by atoms with Crippen molar-refractivity contribution in [3.8, 4) is 0 Å². The molecule has 2 aromatic rings. The molecule has 17 heavy (non-hydrogen) atoms. The smallest absolute Gasteiger partial charge is 0.147 e. The van der Waals surface area contributed by atoms with E-state index >= 15 is 0 Å². The van der Waals surface area contributed by atoms with Crippen LogP contribution in [-0.2, 0) is 0 Å². The summed E-state index contributed by atoms with van der Waals surface area (Å²) in [5.41, 5.74) is 2.27. The van der Waals surface area contributed by atoms with Crippen LogP contribution in [0.15, 0.2) is 11.7 Å². The molecule has 0 saturated carbocycles. The van der Waals surface area contributed by atoms with Crippen molar-refractivity contribution in [2.24, 2.45) is 5.92 Å². The van der Waals surface area contributed by atoms with Gasteiger partial charge in [-0.15, -0.1) is 22.9 Å². The molecule has 92 valence electrons. The van der Waals surface area contributed by atoms with Crippen LogP contribution in [-0.4, -0.2) is 22.4 Å². The third-order valence-electron chi connectivity index (χ3n) is 2.75. The predicted molar refractivity (Wildman–Crippen MR) is 75.1 cm³/mol. The van der Waals surface area contributed by atoms with E-state index in [0.29, 0.717) is 11.8 Å². The zero-order chi connectivity index (χ0) is 12.3. The summed E-state index contributed by atoms with van der Waals surface area (Å²) in [6.45, 7) is 5.16. The molecule has 0 aliphatic heterocycles. The van der Waals surface area contributed by atoms with Crippen LogP contribution >= 0.6 is 22.9 Å². The summed E-state index contributed by atoms with van der Waals surface area (Å²) >= 11 is 7.42. The van der Waals surface area contributed by atoms with Crippen molar-refractivity contribution in [2.75, 3.05) is 17.7 Å². The van der Waals surface area contributed by atoms with Gasteiger partial charge in [-0.3, -0.25) is 0 Å². The van der Waals surface area contributed by atoms with Crippen LogP contribution in [0.4, 0.5) is 5.82 Å². The molecule has 5 heteroatoms. The van der Waals surface area contributed by atoms with Gasteiger partial charge in [0.25, 0.3) is 0 Å². The molecule has 0 aliphatic carbocycles. The Balaban J connectivity index is 2.13. The van der Waals surface area contributed by atoms with Gasteiger partial charge >= 0.3 is 0 Å². The minimum atomic E-state index is 0.554. The molecular formula is C12H16ClN3S. The quantitative estimate of drug-likeness (QED) is 0.842. The molecule has 2 heterocycles. The Morgan fingerprint density at radius 2 is 2.29 bits per heavy atom. The van der Waals surface area contributed by atoms with Gasteiger partial charge in [0.1, 0.15) is 12.1 Å². The maximum absolute atomic E-state index is 5.73. The second-order valence-electron chi connectivity index (χ2n) is 4.28. The van der Waals surface area contributed by atoms with Crippen LogP contribution < -0.4 is 5.32 Å². The number of halogens is 1. The number of fused-ring (bicyclic) bond motifs is 1.